The van der Waals surface area contributed by atoms with Crippen molar-refractivity contribution in [3.8, 4) is 28.2 Å². The van der Waals surface area contributed by atoms with Crippen LogP contribution in [-0.2, 0) is 16.2 Å². The second-order valence-electron chi connectivity index (χ2n) is 6.50. The highest BCUT2D eigenvalue weighted by molar-refractivity contribution is 7.89. The van der Waals surface area contributed by atoms with Gasteiger partial charge in [-0.2, -0.15) is 13.2 Å². The second-order valence-corrected chi connectivity index (χ2v) is 8.06. The molecule has 0 aliphatic carbocycles. The number of nitrogens with zero attached hydrogens (tertiary/aromatic N) is 4. The van der Waals surface area contributed by atoms with E-state index in [0.29, 0.717) is 5.56 Å². The summed E-state index contributed by atoms with van der Waals surface area (Å²) in [6.07, 6.45) is -0.652. The molecule has 0 bridgehead atoms. The van der Waals surface area contributed by atoms with Gasteiger partial charge < -0.3 is 0 Å². The van der Waals surface area contributed by atoms with E-state index in [-0.39, 0.29) is 27.5 Å². The molecule has 2 N–H and O–H groups in total. The standard InChI is InChI=1S/C20H14F3N5O2S/c21-20(22,23)19-26-17(14-7-4-8-15(11-14)31(24,29)30)16(13-5-2-1-3-6-13)18(27-19)28-10-9-25-12-28/h1-12H,(H2,24,29,30). The van der Waals surface area contributed by atoms with Gasteiger partial charge in [0, 0.05) is 18.0 Å². The Morgan fingerprint density at radius 1 is 0.935 bits per heavy atom. The van der Waals surface area contributed by atoms with Crippen LogP contribution >= 0.6 is 0 Å². The molecule has 0 amide bonds. The Balaban J connectivity index is 2.12. The number of nitrogens with two attached hydrogens (primary N) is 1. The van der Waals surface area contributed by atoms with Crippen LogP contribution in [0.15, 0.2) is 78.2 Å². The minimum absolute atomic E-state index is 0.0537. The van der Waals surface area contributed by atoms with Crippen LogP contribution < -0.4 is 5.14 Å². The van der Waals surface area contributed by atoms with E-state index in [1.54, 1.807) is 30.3 Å². The van der Waals surface area contributed by atoms with Crippen molar-refractivity contribution in [2.75, 3.05) is 0 Å². The molecule has 4 rings (SSSR count). The number of rotatable bonds is 4. The van der Waals surface area contributed by atoms with Crippen LogP contribution in [0.5, 0.6) is 0 Å². The summed E-state index contributed by atoms with van der Waals surface area (Å²) in [5.74, 6) is -1.42. The van der Waals surface area contributed by atoms with Crippen molar-refractivity contribution in [1.82, 2.24) is 19.5 Å². The van der Waals surface area contributed by atoms with Crippen LogP contribution in [0.3, 0.4) is 0 Å². The van der Waals surface area contributed by atoms with Gasteiger partial charge in [0.05, 0.1) is 16.2 Å². The Labute approximate surface area is 175 Å². The predicted molar refractivity (Wildman–Crippen MR) is 106 cm³/mol. The van der Waals surface area contributed by atoms with E-state index >= 15 is 0 Å². The zero-order valence-corrected chi connectivity index (χ0v) is 16.5. The highest BCUT2D eigenvalue weighted by Crippen LogP contribution is 2.38. The molecule has 0 atom stereocenters. The van der Waals surface area contributed by atoms with Gasteiger partial charge in [0.25, 0.3) is 0 Å². The van der Waals surface area contributed by atoms with E-state index in [9.17, 15) is 21.6 Å². The third-order valence-corrected chi connectivity index (χ3v) is 5.30. The first-order valence-corrected chi connectivity index (χ1v) is 10.4. The zero-order chi connectivity index (χ0) is 22.2. The average molecular weight is 445 g/mol. The fourth-order valence-corrected chi connectivity index (χ4v) is 3.61. The van der Waals surface area contributed by atoms with Crippen LogP contribution in [0, 0.1) is 0 Å². The van der Waals surface area contributed by atoms with E-state index in [4.69, 9.17) is 5.14 Å². The number of sulfonamides is 1. The van der Waals surface area contributed by atoms with Gasteiger partial charge in [-0.3, -0.25) is 4.57 Å². The topological polar surface area (TPSA) is 104 Å². The number of aromatic nitrogens is 4. The van der Waals surface area contributed by atoms with Crippen molar-refractivity contribution < 1.29 is 21.6 Å². The third kappa shape index (κ3) is 4.18. The fraction of sp³-hybridized carbons (Fsp3) is 0.0500. The fourth-order valence-electron chi connectivity index (χ4n) is 3.05. The van der Waals surface area contributed by atoms with Crippen LogP contribution in [0.2, 0.25) is 0 Å². The number of hydrogen-bond acceptors (Lipinski definition) is 5. The minimum Gasteiger partial charge on any atom is -0.290 e. The molecule has 31 heavy (non-hydrogen) atoms. The van der Waals surface area contributed by atoms with E-state index in [2.05, 4.69) is 15.0 Å². The van der Waals surface area contributed by atoms with E-state index < -0.39 is 22.0 Å². The maximum atomic E-state index is 13.6. The van der Waals surface area contributed by atoms with Crippen LogP contribution in [0.1, 0.15) is 5.82 Å². The summed E-state index contributed by atoms with van der Waals surface area (Å²) in [6.45, 7) is 0. The first kappa shape index (κ1) is 20.7. The summed E-state index contributed by atoms with van der Waals surface area (Å²) in [5, 5.41) is 5.21. The van der Waals surface area contributed by atoms with Gasteiger partial charge in [-0.15, -0.1) is 0 Å². The molecule has 11 heteroatoms. The monoisotopic (exact) mass is 445 g/mol. The Morgan fingerprint density at radius 2 is 1.65 bits per heavy atom. The van der Waals surface area contributed by atoms with Crippen LogP contribution in [0.25, 0.3) is 28.2 Å². The number of benzene rings is 2. The predicted octanol–water partition coefficient (Wildman–Crippen LogP) is 3.66. The molecule has 158 valence electrons. The number of alkyl halides is 3. The number of imidazole rings is 1. The van der Waals surface area contributed by atoms with Crippen molar-refractivity contribution in [3.63, 3.8) is 0 Å². The van der Waals surface area contributed by atoms with Gasteiger partial charge in [0.2, 0.25) is 15.8 Å². The molecule has 0 aliphatic rings. The lowest BCUT2D eigenvalue weighted by Gasteiger charge is -2.17. The molecule has 0 radical (unpaired) electrons. The second kappa shape index (κ2) is 7.60. The summed E-state index contributed by atoms with van der Waals surface area (Å²) in [5.41, 5.74) is 0.858. The lowest BCUT2D eigenvalue weighted by Crippen LogP contribution is -2.16. The molecule has 0 aliphatic heterocycles. The van der Waals surface area contributed by atoms with Crippen LogP contribution in [0.4, 0.5) is 13.2 Å². The SMILES string of the molecule is NS(=O)(=O)c1cccc(-c2nc(C(F)(F)F)nc(-n3ccnc3)c2-c2ccccc2)c1. The normalized spacial score (nSPS) is 12.1. The summed E-state index contributed by atoms with van der Waals surface area (Å²) >= 11 is 0. The van der Waals surface area contributed by atoms with Gasteiger partial charge in [-0.25, -0.2) is 28.5 Å². The van der Waals surface area contributed by atoms with Gasteiger partial charge in [-0.05, 0) is 17.7 Å². The van der Waals surface area contributed by atoms with Crippen molar-refractivity contribution in [2.45, 2.75) is 11.1 Å². The third-order valence-electron chi connectivity index (χ3n) is 4.39. The first-order chi connectivity index (χ1) is 14.6. The van der Waals surface area contributed by atoms with Gasteiger partial charge in [-0.1, -0.05) is 42.5 Å². The highest BCUT2D eigenvalue weighted by Gasteiger charge is 2.37. The van der Waals surface area contributed by atoms with Crippen molar-refractivity contribution in [2.24, 2.45) is 5.14 Å². The number of primary sulfonamides is 1. The van der Waals surface area contributed by atoms with Gasteiger partial charge in [0.15, 0.2) is 5.82 Å². The molecule has 2 aromatic heterocycles. The summed E-state index contributed by atoms with van der Waals surface area (Å²) in [7, 11) is -4.08. The molecule has 0 unspecified atom stereocenters. The lowest BCUT2D eigenvalue weighted by atomic mass is 9.99. The molecule has 4 aromatic rings. The Kier molecular flexibility index (Phi) is 5.07. The molecular formula is C20H14F3N5O2S. The molecule has 2 aromatic carbocycles. The van der Waals surface area contributed by atoms with E-state index in [0.717, 1.165) is 0 Å². The summed E-state index contributed by atoms with van der Waals surface area (Å²) < 4.78 is 65.9. The number of halogens is 3. The van der Waals surface area contributed by atoms with Crippen LogP contribution in [-0.4, -0.2) is 27.9 Å². The average Bonchev–Trinajstić information content (AvgIpc) is 3.27. The Morgan fingerprint density at radius 3 is 2.26 bits per heavy atom. The van der Waals surface area contributed by atoms with Crippen molar-refractivity contribution >= 4 is 10.0 Å². The molecule has 2 heterocycles. The van der Waals surface area contributed by atoms with Crippen molar-refractivity contribution in [3.05, 3.63) is 79.1 Å². The Bertz CT molecular complexity index is 1340. The smallest absolute Gasteiger partial charge is 0.290 e. The van der Waals surface area contributed by atoms with Crippen molar-refractivity contribution in [1.29, 1.82) is 0 Å². The molecule has 0 saturated carbocycles. The zero-order valence-electron chi connectivity index (χ0n) is 15.7. The minimum atomic E-state index is -4.84. The molecule has 0 saturated heterocycles. The van der Waals surface area contributed by atoms with E-state index in [1.165, 1.54) is 47.6 Å². The number of hydrogen-bond donors (Lipinski definition) is 1. The molecule has 0 fully saturated rings. The lowest BCUT2D eigenvalue weighted by molar-refractivity contribution is -0.144. The maximum absolute atomic E-state index is 13.6. The Hall–Kier alpha value is -3.57. The maximum Gasteiger partial charge on any atom is 0.451 e. The molecular weight excluding hydrogens is 431 g/mol. The summed E-state index contributed by atoms with van der Waals surface area (Å²) in [6, 6.07) is 13.9. The van der Waals surface area contributed by atoms with Gasteiger partial charge in [0.1, 0.15) is 6.33 Å². The molecule has 7 nitrogen and oxygen atoms in total. The first-order valence-electron chi connectivity index (χ1n) is 8.81. The largest absolute Gasteiger partial charge is 0.451 e. The van der Waals surface area contributed by atoms with Gasteiger partial charge >= 0.3 is 6.18 Å². The van der Waals surface area contributed by atoms with E-state index in [1.807, 2.05) is 0 Å². The highest BCUT2D eigenvalue weighted by atomic mass is 32.2. The summed E-state index contributed by atoms with van der Waals surface area (Å²) in [4.78, 5) is 11.2. The quantitative estimate of drug-likeness (QED) is 0.516. The molecule has 0 spiro atoms.